The first-order valence-electron chi connectivity index (χ1n) is 5.00. The van der Waals surface area contributed by atoms with Crippen LogP contribution >= 0.6 is 0 Å². The summed E-state index contributed by atoms with van der Waals surface area (Å²) in [6.45, 7) is 5.38. The first-order chi connectivity index (χ1) is 7.42. The van der Waals surface area contributed by atoms with Crippen LogP contribution in [0.4, 0.5) is 4.79 Å². The van der Waals surface area contributed by atoms with Crippen molar-refractivity contribution in [2.45, 2.75) is 26.4 Å². The van der Waals surface area contributed by atoms with Crippen LogP contribution in [0, 0.1) is 0 Å². The van der Waals surface area contributed by atoms with E-state index in [4.69, 9.17) is 9.47 Å². The van der Waals surface area contributed by atoms with Gasteiger partial charge in [-0.05, 0) is 20.8 Å². The van der Waals surface area contributed by atoms with E-state index in [-0.39, 0.29) is 18.9 Å². The number of hydrogen-bond acceptors (Lipinski definition) is 3. The number of rotatable bonds is 1. The van der Waals surface area contributed by atoms with Gasteiger partial charge < -0.3 is 9.47 Å². The largest absolute Gasteiger partial charge is 1.00 e. The molecule has 0 saturated heterocycles. The summed E-state index contributed by atoms with van der Waals surface area (Å²) in [6, 6.07) is 7.03. The van der Waals surface area contributed by atoms with Crippen molar-refractivity contribution < 1.29 is 33.1 Å². The summed E-state index contributed by atoms with van der Waals surface area (Å²) >= 11 is 0. The van der Waals surface area contributed by atoms with Crippen molar-refractivity contribution in [3.05, 3.63) is 29.6 Å². The minimum Gasteiger partial charge on any atom is -0.552 e. The van der Waals surface area contributed by atoms with Gasteiger partial charge in [0, 0.05) is 11.1 Å². The molecule has 0 radical (unpaired) electrons. The molecule has 88 valence electrons. The quantitative estimate of drug-likeness (QED) is 0.470. The minimum absolute atomic E-state index is 0. The average molecular weight is 229 g/mol. The fourth-order valence-corrected chi connectivity index (χ4v) is 1.11. The van der Waals surface area contributed by atoms with Crippen molar-refractivity contribution in [2.75, 3.05) is 7.11 Å². The summed E-state index contributed by atoms with van der Waals surface area (Å²) in [5.41, 5.74) is -0.539. The normalized spacial score (nSPS) is 11.6. The van der Waals surface area contributed by atoms with Crippen LogP contribution in [0.3, 0.4) is 0 Å². The van der Waals surface area contributed by atoms with E-state index in [1.54, 1.807) is 39.0 Å². The second-order valence-corrected chi connectivity index (χ2v) is 4.26. The molecule has 0 fully saturated rings. The number of hydrogen-bond donors (Lipinski definition) is 0. The standard InChI is InChI=1S/C12H16NO3.Li/c1-12(2,3)16-11(14)13-9-7-5-6-8-10(9)15-4;/h5-8H,1-4H3;/q-1;+1/b13-9+;. The number of amides is 1. The third-order valence-corrected chi connectivity index (χ3v) is 1.69. The Morgan fingerprint density at radius 2 is 2.06 bits per heavy atom. The zero-order valence-corrected chi connectivity index (χ0v) is 11.0. The predicted octanol–water partition coefficient (Wildman–Crippen LogP) is -0.746. The molecule has 0 atom stereocenters. The molecule has 0 heterocycles. The Balaban J connectivity index is 0.00000256. The van der Waals surface area contributed by atoms with E-state index < -0.39 is 11.7 Å². The number of nitrogens with zero attached hydrogens (tertiary/aromatic N) is 1. The number of carbonyl (C=O) groups excluding carboxylic acids is 1. The summed E-state index contributed by atoms with van der Waals surface area (Å²) < 4.78 is 10.2. The summed E-state index contributed by atoms with van der Waals surface area (Å²) in [4.78, 5) is 15.3. The SMILES string of the molecule is COc1ccc[cH-]/c1=N\C(=O)OC(C)(C)C.[Li+]. The van der Waals surface area contributed by atoms with Gasteiger partial charge in [0.05, 0.1) is 7.11 Å². The molecule has 0 aliphatic heterocycles. The fourth-order valence-electron chi connectivity index (χ4n) is 1.11. The zero-order chi connectivity index (χ0) is 12.2. The molecule has 0 aliphatic rings. The number of methoxy groups -OCH3 is 1. The van der Waals surface area contributed by atoms with Gasteiger partial charge in [0.1, 0.15) is 5.60 Å². The molecule has 1 amide bonds. The van der Waals surface area contributed by atoms with Crippen LogP contribution in [0.15, 0.2) is 29.3 Å². The predicted molar refractivity (Wildman–Crippen MR) is 60.4 cm³/mol. The van der Waals surface area contributed by atoms with Crippen LogP contribution in [0.2, 0.25) is 0 Å². The summed E-state index contributed by atoms with van der Waals surface area (Å²) in [6.07, 6.45) is -0.614. The summed E-state index contributed by atoms with van der Waals surface area (Å²) in [5, 5.41) is 0.472. The Kier molecular flexibility index (Phi) is 6.15. The van der Waals surface area contributed by atoms with E-state index in [0.717, 1.165) is 0 Å². The monoisotopic (exact) mass is 229 g/mol. The Bertz CT molecular complexity index is 432. The van der Waals surface area contributed by atoms with Gasteiger partial charge in [0.15, 0.2) is 0 Å². The molecule has 0 bridgehead atoms. The molecular formula is C12H16LiNO3. The van der Waals surface area contributed by atoms with E-state index >= 15 is 0 Å². The van der Waals surface area contributed by atoms with Crippen LogP contribution in [0.1, 0.15) is 20.8 Å². The third-order valence-electron chi connectivity index (χ3n) is 1.69. The topological polar surface area (TPSA) is 47.9 Å². The van der Waals surface area contributed by atoms with Crippen LogP contribution in [0.25, 0.3) is 0 Å². The van der Waals surface area contributed by atoms with E-state index in [0.29, 0.717) is 11.1 Å². The van der Waals surface area contributed by atoms with E-state index in [2.05, 4.69) is 4.99 Å². The summed E-state index contributed by atoms with van der Waals surface area (Å²) in [7, 11) is 1.53. The van der Waals surface area contributed by atoms with Crippen LogP contribution in [0.5, 0.6) is 5.75 Å². The smallest absolute Gasteiger partial charge is 0.552 e. The fraction of sp³-hybridized carbons (Fsp3) is 0.417. The maximum atomic E-state index is 11.5. The molecular weight excluding hydrogens is 213 g/mol. The number of para-hydroxylation sites is 2. The number of ether oxygens (including phenoxy) is 2. The maximum Gasteiger partial charge on any atom is 1.00 e. The van der Waals surface area contributed by atoms with E-state index in [9.17, 15) is 4.79 Å². The summed E-state index contributed by atoms with van der Waals surface area (Å²) in [5.74, 6) is 0.549. The van der Waals surface area contributed by atoms with E-state index in [1.165, 1.54) is 7.11 Å². The van der Waals surface area contributed by atoms with Crippen molar-refractivity contribution in [1.82, 2.24) is 0 Å². The van der Waals surface area contributed by atoms with Gasteiger partial charge in [-0.3, -0.25) is 0 Å². The van der Waals surface area contributed by atoms with Gasteiger partial charge in [0.25, 0.3) is 0 Å². The van der Waals surface area contributed by atoms with E-state index in [1.807, 2.05) is 6.07 Å². The van der Waals surface area contributed by atoms with Crippen molar-refractivity contribution in [3.8, 4) is 5.75 Å². The molecule has 4 nitrogen and oxygen atoms in total. The second-order valence-electron chi connectivity index (χ2n) is 4.26. The molecule has 0 aromatic heterocycles. The third kappa shape index (κ3) is 5.67. The van der Waals surface area contributed by atoms with Crippen molar-refractivity contribution in [3.63, 3.8) is 0 Å². The molecule has 0 unspecified atom stereocenters. The Morgan fingerprint density at radius 3 is 2.59 bits per heavy atom. The molecule has 1 aromatic rings. The molecule has 0 aliphatic carbocycles. The van der Waals surface area contributed by atoms with Gasteiger partial charge in [-0.25, -0.2) is 4.79 Å². The Hall–Kier alpha value is -1.11. The van der Waals surface area contributed by atoms with Gasteiger partial charge >= 0.3 is 25.0 Å². The van der Waals surface area contributed by atoms with Gasteiger partial charge in [0.2, 0.25) is 0 Å². The molecule has 1 aromatic carbocycles. The molecule has 0 saturated carbocycles. The zero-order valence-electron chi connectivity index (χ0n) is 11.0. The second kappa shape index (κ2) is 6.58. The van der Waals surface area contributed by atoms with Crippen molar-refractivity contribution in [1.29, 1.82) is 0 Å². The van der Waals surface area contributed by atoms with Crippen LogP contribution in [-0.4, -0.2) is 18.8 Å². The molecule has 5 heteroatoms. The molecule has 1 rings (SSSR count). The minimum atomic E-state index is -0.614. The Morgan fingerprint density at radius 1 is 1.41 bits per heavy atom. The van der Waals surface area contributed by atoms with Crippen LogP contribution in [-0.2, 0) is 4.74 Å². The van der Waals surface area contributed by atoms with Gasteiger partial charge in [-0.1, -0.05) is 0 Å². The van der Waals surface area contributed by atoms with Crippen LogP contribution < -0.4 is 29.0 Å². The molecule has 17 heavy (non-hydrogen) atoms. The first kappa shape index (κ1) is 15.9. The van der Waals surface area contributed by atoms with Gasteiger partial charge in [-0.15, -0.1) is 12.1 Å². The maximum absolute atomic E-state index is 11.5. The number of carbonyl (C=O) groups is 1. The van der Waals surface area contributed by atoms with Crippen molar-refractivity contribution in [2.24, 2.45) is 4.99 Å². The molecule has 0 N–H and O–H groups in total. The number of benzene rings is 1. The first-order valence-corrected chi connectivity index (χ1v) is 5.00. The Labute approximate surface area is 113 Å². The average Bonchev–Trinajstić information content (AvgIpc) is 2.15. The van der Waals surface area contributed by atoms with Gasteiger partial charge in [-0.2, -0.15) is 17.1 Å². The van der Waals surface area contributed by atoms with Crippen molar-refractivity contribution >= 4 is 6.09 Å². The molecule has 0 spiro atoms.